The lowest BCUT2D eigenvalue weighted by atomic mass is 10.2. The predicted molar refractivity (Wildman–Crippen MR) is 127 cm³/mol. The van der Waals surface area contributed by atoms with E-state index in [-0.39, 0.29) is 23.5 Å². The van der Waals surface area contributed by atoms with Gasteiger partial charge in [-0.1, -0.05) is 23.5 Å². The lowest BCUT2D eigenvalue weighted by Gasteiger charge is -2.19. The minimum Gasteiger partial charge on any atom is -0.486 e. The van der Waals surface area contributed by atoms with Crippen LogP contribution < -0.4 is 14.3 Å². The van der Waals surface area contributed by atoms with Crippen molar-refractivity contribution in [3.63, 3.8) is 0 Å². The molecule has 0 radical (unpaired) electrons. The van der Waals surface area contributed by atoms with Crippen LogP contribution in [0.5, 0.6) is 11.5 Å². The van der Waals surface area contributed by atoms with Gasteiger partial charge in [0.05, 0.1) is 15.1 Å². The summed E-state index contributed by atoms with van der Waals surface area (Å²) in [5.41, 5.74) is 1.16. The second kappa shape index (κ2) is 9.34. The predicted octanol–water partition coefficient (Wildman–Crippen LogP) is 3.11. The molecule has 8 nitrogen and oxygen atoms in total. The minimum absolute atomic E-state index is 0.0840. The maximum Gasteiger partial charge on any atom is 0.279 e. The van der Waals surface area contributed by atoms with Gasteiger partial charge in [-0.3, -0.25) is 4.79 Å². The van der Waals surface area contributed by atoms with E-state index in [0.29, 0.717) is 29.5 Å². The summed E-state index contributed by atoms with van der Waals surface area (Å²) in [4.78, 5) is 17.6. The fourth-order valence-corrected chi connectivity index (χ4v) is 5.81. The molecular weight excluding hydrogens is 462 g/mol. The van der Waals surface area contributed by atoms with Gasteiger partial charge in [-0.05, 0) is 24.3 Å². The summed E-state index contributed by atoms with van der Waals surface area (Å²) < 4.78 is 40.9. The molecule has 1 amide bonds. The molecule has 4 rings (SSSR count). The lowest BCUT2D eigenvalue weighted by Crippen LogP contribution is -2.31. The maximum atomic E-state index is 12.8. The van der Waals surface area contributed by atoms with Gasteiger partial charge in [0.15, 0.2) is 16.3 Å². The molecule has 3 aromatic rings. The van der Waals surface area contributed by atoms with E-state index in [4.69, 9.17) is 9.47 Å². The summed E-state index contributed by atoms with van der Waals surface area (Å²) >= 11 is 1.36. The molecule has 2 aromatic carbocycles. The van der Waals surface area contributed by atoms with Gasteiger partial charge in [0.2, 0.25) is 10.0 Å². The van der Waals surface area contributed by atoms with Crippen LogP contribution in [-0.4, -0.2) is 49.5 Å². The molecule has 1 aromatic heterocycles. The Morgan fingerprint density at radius 2 is 1.73 bits per heavy atom. The van der Waals surface area contributed by atoms with E-state index in [1.165, 1.54) is 52.1 Å². The molecule has 0 atom stereocenters. The first-order valence-corrected chi connectivity index (χ1v) is 12.4. The zero-order valence-electron chi connectivity index (χ0n) is 18.1. The number of fused-ring (bicyclic) bond motifs is 2. The first-order chi connectivity index (χ1) is 15.8. The van der Waals surface area contributed by atoms with Crippen LogP contribution in [0.2, 0.25) is 0 Å². The van der Waals surface area contributed by atoms with Crippen LogP contribution in [0, 0.1) is 0 Å². The Morgan fingerprint density at radius 3 is 2.33 bits per heavy atom. The minimum atomic E-state index is -3.74. The van der Waals surface area contributed by atoms with Crippen molar-refractivity contribution in [1.82, 2.24) is 8.87 Å². The van der Waals surface area contributed by atoms with Crippen molar-refractivity contribution in [2.75, 3.05) is 26.3 Å². The highest BCUT2D eigenvalue weighted by Gasteiger charge is 2.23. The van der Waals surface area contributed by atoms with Crippen molar-refractivity contribution in [2.45, 2.75) is 4.90 Å². The first-order valence-electron chi connectivity index (χ1n) is 10.2. The molecule has 0 unspecified atom stereocenters. The quantitative estimate of drug-likeness (QED) is 0.480. The third-order valence-corrected chi connectivity index (χ3v) is 8.02. The molecule has 1 aliphatic heterocycles. The van der Waals surface area contributed by atoms with Gasteiger partial charge in [-0.2, -0.15) is 9.30 Å². The average molecular weight is 486 g/mol. The molecule has 0 N–H and O–H groups in total. The Bertz CT molecular complexity index is 1390. The Labute approximate surface area is 195 Å². The van der Waals surface area contributed by atoms with Gasteiger partial charge in [0, 0.05) is 37.8 Å². The lowest BCUT2D eigenvalue weighted by molar-refractivity contribution is 0.0998. The van der Waals surface area contributed by atoms with Crippen LogP contribution in [0.25, 0.3) is 10.2 Å². The number of thiazole rings is 1. The van der Waals surface area contributed by atoms with Crippen LogP contribution in [-0.2, 0) is 17.1 Å². The largest absolute Gasteiger partial charge is 0.486 e. The summed E-state index contributed by atoms with van der Waals surface area (Å²) in [6, 6.07) is 9.51. The van der Waals surface area contributed by atoms with Crippen LogP contribution in [0.1, 0.15) is 10.4 Å². The number of rotatable bonds is 7. The van der Waals surface area contributed by atoms with Crippen LogP contribution in [0.4, 0.5) is 0 Å². The number of amides is 1. The topological polar surface area (TPSA) is 90.2 Å². The monoisotopic (exact) mass is 485 g/mol. The van der Waals surface area contributed by atoms with Crippen LogP contribution in [0.3, 0.4) is 0 Å². The SMILES string of the molecule is C=CCN(CC=C)S(=O)(=O)c1ccc(C(=O)N=c2sc3cc4c(cc3n2C)OCCO4)cc1. The van der Waals surface area contributed by atoms with Gasteiger partial charge in [-0.25, -0.2) is 8.42 Å². The summed E-state index contributed by atoms with van der Waals surface area (Å²) in [6.45, 7) is 8.51. The van der Waals surface area contributed by atoms with Gasteiger partial charge in [-0.15, -0.1) is 13.2 Å². The average Bonchev–Trinajstić information content (AvgIpc) is 3.11. The highest BCUT2D eigenvalue weighted by atomic mass is 32.2. The molecule has 0 saturated heterocycles. The first kappa shape index (κ1) is 23.0. The Morgan fingerprint density at radius 1 is 1.12 bits per heavy atom. The molecular formula is C23H23N3O5S2. The Hall–Kier alpha value is -3.21. The van der Waals surface area contributed by atoms with E-state index in [1.807, 2.05) is 23.7 Å². The maximum absolute atomic E-state index is 12.8. The van der Waals surface area contributed by atoms with E-state index in [2.05, 4.69) is 18.2 Å². The fourth-order valence-electron chi connectivity index (χ4n) is 3.40. The molecule has 2 heterocycles. The zero-order chi connectivity index (χ0) is 23.6. The van der Waals surface area contributed by atoms with Crippen molar-refractivity contribution in [1.29, 1.82) is 0 Å². The number of carbonyl (C=O) groups excluding carboxylic acids is 1. The number of aromatic nitrogens is 1. The smallest absolute Gasteiger partial charge is 0.279 e. The van der Waals surface area contributed by atoms with Gasteiger partial charge in [0.25, 0.3) is 5.91 Å². The number of sulfonamides is 1. The van der Waals surface area contributed by atoms with E-state index < -0.39 is 15.9 Å². The normalized spacial score (nSPS) is 13.9. The number of hydrogen-bond donors (Lipinski definition) is 0. The van der Waals surface area contributed by atoms with E-state index >= 15 is 0 Å². The highest BCUT2D eigenvalue weighted by molar-refractivity contribution is 7.89. The van der Waals surface area contributed by atoms with Crippen LogP contribution >= 0.6 is 11.3 Å². The number of carbonyl (C=O) groups is 1. The molecule has 0 bridgehead atoms. The van der Waals surface area contributed by atoms with Crippen molar-refractivity contribution in [2.24, 2.45) is 12.0 Å². The molecule has 172 valence electrons. The summed E-state index contributed by atoms with van der Waals surface area (Å²) in [7, 11) is -1.91. The second-order valence-corrected chi connectivity index (χ2v) is 10.2. The number of benzene rings is 2. The number of ether oxygens (including phenoxy) is 2. The number of nitrogens with zero attached hydrogens (tertiary/aromatic N) is 3. The molecule has 0 fully saturated rings. The number of aryl methyl sites for hydroxylation is 1. The van der Waals surface area contributed by atoms with Gasteiger partial charge in [0.1, 0.15) is 13.2 Å². The third kappa shape index (κ3) is 4.50. The van der Waals surface area contributed by atoms with Crippen molar-refractivity contribution < 1.29 is 22.7 Å². The van der Waals surface area contributed by atoms with Gasteiger partial charge >= 0.3 is 0 Å². The Balaban J connectivity index is 1.64. The fraction of sp³-hybridized carbons (Fsp3) is 0.217. The molecule has 10 heteroatoms. The third-order valence-electron chi connectivity index (χ3n) is 5.07. The van der Waals surface area contributed by atoms with E-state index in [9.17, 15) is 13.2 Å². The molecule has 0 saturated carbocycles. The second-order valence-electron chi connectivity index (χ2n) is 7.25. The summed E-state index contributed by atoms with van der Waals surface area (Å²) in [6.07, 6.45) is 3.02. The molecule has 0 spiro atoms. The van der Waals surface area contributed by atoms with E-state index in [0.717, 1.165) is 10.2 Å². The molecule has 33 heavy (non-hydrogen) atoms. The van der Waals surface area contributed by atoms with Crippen molar-refractivity contribution in [3.8, 4) is 11.5 Å². The number of hydrogen-bond acceptors (Lipinski definition) is 6. The molecule has 1 aliphatic rings. The highest BCUT2D eigenvalue weighted by Crippen LogP contribution is 2.35. The molecule has 0 aliphatic carbocycles. The zero-order valence-corrected chi connectivity index (χ0v) is 19.7. The van der Waals surface area contributed by atoms with Crippen molar-refractivity contribution in [3.05, 3.63) is 72.1 Å². The summed E-state index contributed by atoms with van der Waals surface area (Å²) in [5.74, 6) is 0.874. The summed E-state index contributed by atoms with van der Waals surface area (Å²) in [5, 5.41) is 0. The Kier molecular flexibility index (Phi) is 6.50. The van der Waals surface area contributed by atoms with E-state index in [1.54, 1.807) is 0 Å². The van der Waals surface area contributed by atoms with Crippen LogP contribution in [0.15, 0.2) is 71.6 Å². The van der Waals surface area contributed by atoms with Crippen molar-refractivity contribution >= 4 is 37.5 Å². The van der Waals surface area contributed by atoms with Gasteiger partial charge < -0.3 is 14.0 Å². The standard InChI is InChI=1S/C23H23N3O5S2/c1-4-10-26(11-5-2)33(28,29)17-8-6-16(7-9-17)22(27)24-23-25(3)18-14-19-20(15-21(18)32-23)31-13-12-30-19/h4-9,14-15H,1-2,10-13H2,3H3.